The van der Waals surface area contributed by atoms with Crippen LogP contribution in [0.5, 0.6) is 0 Å². The van der Waals surface area contributed by atoms with Gasteiger partial charge in [-0.25, -0.2) is 13.1 Å². The summed E-state index contributed by atoms with van der Waals surface area (Å²) >= 11 is 0. The first-order valence-electron chi connectivity index (χ1n) is 5.78. The molecule has 2 rings (SSSR count). The second-order valence-electron chi connectivity index (χ2n) is 4.24. The third kappa shape index (κ3) is 3.36. The van der Waals surface area contributed by atoms with E-state index >= 15 is 0 Å². The summed E-state index contributed by atoms with van der Waals surface area (Å²) in [4.78, 5) is 0.297. The van der Waals surface area contributed by atoms with Crippen LogP contribution in [0, 0.1) is 13.8 Å². The molecule has 0 atom stereocenters. The van der Waals surface area contributed by atoms with Gasteiger partial charge in [-0.05, 0) is 25.5 Å². The van der Waals surface area contributed by atoms with Gasteiger partial charge in [-0.1, -0.05) is 22.9 Å². The molecule has 1 aromatic carbocycles. The van der Waals surface area contributed by atoms with Crippen LogP contribution in [0.1, 0.15) is 17.0 Å². The highest BCUT2D eigenvalue weighted by Crippen LogP contribution is 2.15. The van der Waals surface area contributed by atoms with Crippen molar-refractivity contribution >= 4 is 10.0 Å². The topological polar surface area (TPSA) is 101 Å². The van der Waals surface area contributed by atoms with Crippen molar-refractivity contribution in [1.82, 2.24) is 25.3 Å². The highest BCUT2D eigenvalue weighted by atomic mass is 32.2. The number of nitrogens with one attached hydrogen (secondary N) is 2. The molecule has 0 saturated carbocycles. The van der Waals surface area contributed by atoms with Gasteiger partial charge in [0.15, 0.2) is 5.82 Å². The number of nitrogens with zero attached hydrogens (tertiary/aromatic N) is 3. The first-order valence-corrected chi connectivity index (χ1v) is 7.26. The normalized spacial score (nSPS) is 11.7. The molecule has 2 N–H and O–H groups in total. The van der Waals surface area contributed by atoms with Crippen molar-refractivity contribution < 1.29 is 8.42 Å². The molecule has 0 bridgehead atoms. The number of aryl methyl sites for hydroxylation is 2. The Morgan fingerprint density at radius 1 is 1.32 bits per heavy atom. The average molecular weight is 281 g/mol. The predicted molar refractivity (Wildman–Crippen MR) is 69.0 cm³/mol. The van der Waals surface area contributed by atoms with Gasteiger partial charge in [0.05, 0.1) is 4.90 Å². The van der Waals surface area contributed by atoms with Gasteiger partial charge in [0.25, 0.3) is 0 Å². The molecule has 0 aliphatic rings. The van der Waals surface area contributed by atoms with Gasteiger partial charge in [0.2, 0.25) is 10.0 Å². The van der Waals surface area contributed by atoms with Gasteiger partial charge in [0, 0.05) is 13.0 Å². The molecule has 102 valence electrons. The summed E-state index contributed by atoms with van der Waals surface area (Å²) in [5.41, 5.74) is 1.76. The van der Waals surface area contributed by atoms with Crippen LogP contribution in [0.25, 0.3) is 0 Å². The molecule has 0 radical (unpaired) electrons. The average Bonchev–Trinajstić information content (AvgIpc) is 2.81. The first-order chi connectivity index (χ1) is 8.99. The zero-order valence-electron chi connectivity index (χ0n) is 10.7. The van der Waals surface area contributed by atoms with Crippen molar-refractivity contribution in [2.24, 2.45) is 0 Å². The van der Waals surface area contributed by atoms with Crippen LogP contribution in [0.15, 0.2) is 23.1 Å². The Morgan fingerprint density at radius 2 is 2.11 bits per heavy atom. The minimum absolute atomic E-state index is 0.231. The maximum absolute atomic E-state index is 12.1. The molecule has 0 spiro atoms. The van der Waals surface area contributed by atoms with E-state index in [0.29, 0.717) is 17.1 Å². The van der Waals surface area contributed by atoms with E-state index in [0.717, 1.165) is 11.1 Å². The van der Waals surface area contributed by atoms with Crippen LogP contribution < -0.4 is 4.72 Å². The predicted octanol–water partition coefficient (Wildman–Crippen LogP) is 0.338. The summed E-state index contributed by atoms with van der Waals surface area (Å²) in [5.74, 6) is 0.475. The molecule has 2 aromatic rings. The van der Waals surface area contributed by atoms with Crippen LogP contribution in [0.2, 0.25) is 0 Å². The highest BCUT2D eigenvalue weighted by molar-refractivity contribution is 7.89. The number of tetrazole rings is 1. The van der Waals surface area contributed by atoms with Crippen molar-refractivity contribution in [3.8, 4) is 0 Å². The standard InChI is InChI=1S/C11H15N5O2S/c1-8-3-4-10(9(2)7-8)19(17,18)12-6-5-11-13-15-16-14-11/h3-4,7,12H,5-6H2,1-2H3,(H,13,14,15,16). The van der Waals surface area contributed by atoms with Crippen molar-refractivity contribution in [2.75, 3.05) is 6.54 Å². The lowest BCUT2D eigenvalue weighted by Gasteiger charge is -2.09. The summed E-state index contributed by atoms with van der Waals surface area (Å²) < 4.78 is 26.8. The fourth-order valence-electron chi connectivity index (χ4n) is 1.76. The first kappa shape index (κ1) is 13.6. The van der Waals surface area contributed by atoms with Crippen molar-refractivity contribution in [1.29, 1.82) is 0 Å². The van der Waals surface area contributed by atoms with Crippen LogP contribution in [0.3, 0.4) is 0 Å². The Bertz CT molecular complexity index is 652. The van der Waals surface area contributed by atoms with Crippen LogP contribution in [-0.2, 0) is 16.4 Å². The fraction of sp³-hybridized carbons (Fsp3) is 0.364. The number of H-pyrrole nitrogens is 1. The van der Waals surface area contributed by atoms with Gasteiger partial charge in [0.1, 0.15) is 0 Å². The number of sulfonamides is 1. The number of rotatable bonds is 5. The Hall–Kier alpha value is -1.80. The molecule has 0 amide bonds. The van der Waals surface area contributed by atoms with E-state index in [2.05, 4.69) is 25.3 Å². The second-order valence-corrected chi connectivity index (χ2v) is 5.98. The lowest BCUT2D eigenvalue weighted by Crippen LogP contribution is -2.26. The zero-order valence-corrected chi connectivity index (χ0v) is 11.5. The maximum Gasteiger partial charge on any atom is 0.240 e. The molecule has 7 nitrogen and oxygen atoms in total. The molecular weight excluding hydrogens is 266 g/mol. The molecule has 0 aliphatic heterocycles. The largest absolute Gasteiger partial charge is 0.240 e. The van der Waals surface area contributed by atoms with Gasteiger partial charge in [-0.2, -0.15) is 5.21 Å². The second kappa shape index (κ2) is 5.45. The zero-order chi connectivity index (χ0) is 13.9. The summed E-state index contributed by atoms with van der Waals surface area (Å²) in [7, 11) is -3.50. The van der Waals surface area contributed by atoms with E-state index in [4.69, 9.17) is 0 Å². The van der Waals surface area contributed by atoms with E-state index in [-0.39, 0.29) is 6.54 Å². The van der Waals surface area contributed by atoms with E-state index in [1.807, 2.05) is 13.0 Å². The number of hydrogen-bond donors (Lipinski definition) is 2. The van der Waals surface area contributed by atoms with Crippen LogP contribution in [-0.4, -0.2) is 35.6 Å². The molecule has 8 heteroatoms. The number of benzene rings is 1. The summed E-state index contributed by atoms with van der Waals surface area (Å²) in [5, 5.41) is 13.2. The minimum atomic E-state index is -3.50. The Labute approximate surface area is 111 Å². The highest BCUT2D eigenvalue weighted by Gasteiger charge is 2.16. The van der Waals surface area contributed by atoms with Crippen LogP contribution in [0.4, 0.5) is 0 Å². The lowest BCUT2D eigenvalue weighted by molar-refractivity contribution is 0.580. The third-order valence-corrected chi connectivity index (χ3v) is 4.27. The van der Waals surface area contributed by atoms with E-state index in [1.54, 1.807) is 19.1 Å². The monoisotopic (exact) mass is 281 g/mol. The quantitative estimate of drug-likeness (QED) is 0.823. The third-order valence-electron chi connectivity index (χ3n) is 2.65. The Balaban J connectivity index is 2.05. The molecule has 0 unspecified atom stereocenters. The van der Waals surface area contributed by atoms with E-state index in [1.165, 1.54) is 0 Å². The van der Waals surface area contributed by atoms with E-state index in [9.17, 15) is 8.42 Å². The molecular formula is C11H15N5O2S. The number of hydrogen-bond acceptors (Lipinski definition) is 5. The summed E-state index contributed by atoms with van der Waals surface area (Å²) in [6.45, 7) is 3.93. The van der Waals surface area contributed by atoms with E-state index < -0.39 is 10.0 Å². The molecule has 0 saturated heterocycles. The summed E-state index contributed by atoms with van der Waals surface area (Å²) in [6, 6.07) is 5.23. The Morgan fingerprint density at radius 3 is 2.74 bits per heavy atom. The Kier molecular flexibility index (Phi) is 3.91. The smallest absolute Gasteiger partial charge is 0.211 e. The number of aromatic nitrogens is 4. The molecule has 19 heavy (non-hydrogen) atoms. The molecule has 0 aliphatic carbocycles. The van der Waals surface area contributed by atoms with Gasteiger partial charge in [-0.3, -0.25) is 0 Å². The lowest BCUT2D eigenvalue weighted by atomic mass is 10.2. The number of aromatic amines is 1. The van der Waals surface area contributed by atoms with Crippen molar-refractivity contribution in [3.05, 3.63) is 35.2 Å². The molecule has 1 aromatic heterocycles. The SMILES string of the molecule is Cc1ccc(S(=O)(=O)NCCc2nn[nH]n2)c(C)c1. The van der Waals surface area contributed by atoms with Crippen LogP contribution >= 0.6 is 0 Å². The molecule has 1 heterocycles. The van der Waals surface area contributed by atoms with Gasteiger partial charge < -0.3 is 0 Å². The maximum atomic E-state index is 12.1. The summed E-state index contributed by atoms with van der Waals surface area (Å²) in [6.07, 6.45) is 0.390. The van der Waals surface area contributed by atoms with Crippen molar-refractivity contribution in [2.45, 2.75) is 25.2 Å². The van der Waals surface area contributed by atoms with Gasteiger partial charge >= 0.3 is 0 Å². The van der Waals surface area contributed by atoms with Crippen molar-refractivity contribution in [3.63, 3.8) is 0 Å². The van der Waals surface area contributed by atoms with Gasteiger partial charge in [-0.15, -0.1) is 10.2 Å². The minimum Gasteiger partial charge on any atom is -0.211 e. The fourth-order valence-corrected chi connectivity index (χ4v) is 3.02. The molecule has 0 fully saturated rings.